The van der Waals surface area contributed by atoms with E-state index in [4.69, 9.17) is 5.73 Å². The van der Waals surface area contributed by atoms with Crippen LogP contribution < -0.4 is 10.6 Å². The van der Waals surface area contributed by atoms with Crippen LogP contribution in [0.25, 0.3) is 5.57 Å². The predicted octanol–water partition coefficient (Wildman–Crippen LogP) is 2.58. The Morgan fingerprint density at radius 3 is 1.95 bits per heavy atom. The van der Waals surface area contributed by atoms with Gasteiger partial charge in [0.15, 0.2) is 0 Å². The first-order valence-corrected chi connectivity index (χ1v) is 6.52. The van der Waals surface area contributed by atoms with Crippen LogP contribution >= 0.6 is 0 Å². The number of carbonyl (C=O) groups is 1. The van der Waals surface area contributed by atoms with Gasteiger partial charge in [-0.2, -0.15) is 5.26 Å². The summed E-state index contributed by atoms with van der Waals surface area (Å²) < 4.78 is 0. The van der Waals surface area contributed by atoms with Crippen molar-refractivity contribution >= 4 is 22.9 Å². The molecule has 0 atom stereocenters. The second-order valence-electron chi connectivity index (χ2n) is 4.82. The third kappa shape index (κ3) is 1.87. The number of para-hydroxylation sites is 2. The van der Waals surface area contributed by atoms with Crippen molar-refractivity contribution in [2.24, 2.45) is 5.73 Å². The van der Waals surface area contributed by atoms with Crippen molar-refractivity contribution in [1.29, 1.82) is 5.26 Å². The van der Waals surface area contributed by atoms with Crippen LogP contribution in [0.1, 0.15) is 11.1 Å². The lowest BCUT2D eigenvalue weighted by Crippen LogP contribution is -2.21. The number of primary amides is 1. The molecule has 3 rings (SSSR count). The van der Waals surface area contributed by atoms with Crippen molar-refractivity contribution < 1.29 is 4.79 Å². The van der Waals surface area contributed by atoms with Crippen LogP contribution in [0.3, 0.4) is 0 Å². The normalized spacial score (nSPS) is 12.2. The lowest BCUT2D eigenvalue weighted by Gasteiger charge is -2.32. The van der Waals surface area contributed by atoms with Gasteiger partial charge in [-0.15, -0.1) is 0 Å². The highest BCUT2D eigenvalue weighted by molar-refractivity contribution is 6.11. The summed E-state index contributed by atoms with van der Waals surface area (Å²) in [5, 5.41) is 9.34. The fourth-order valence-electron chi connectivity index (χ4n) is 2.73. The van der Waals surface area contributed by atoms with Gasteiger partial charge >= 0.3 is 0 Å². The summed E-state index contributed by atoms with van der Waals surface area (Å²) in [4.78, 5) is 13.7. The molecule has 4 nitrogen and oxygen atoms in total. The summed E-state index contributed by atoms with van der Waals surface area (Å²) in [6.07, 6.45) is 0. The van der Waals surface area contributed by atoms with Gasteiger partial charge in [0.1, 0.15) is 11.6 Å². The van der Waals surface area contributed by atoms with E-state index in [2.05, 4.69) is 0 Å². The summed E-state index contributed by atoms with van der Waals surface area (Å²) in [6.45, 7) is 0. The molecule has 0 radical (unpaired) electrons. The van der Waals surface area contributed by atoms with E-state index in [-0.39, 0.29) is 5.57 Å². The summed E-state index contributed by atoms with van der Waals surface area (Å²) in [7, 11) is 1.96. The second kappa shape index (κ2) is 4.80. The van der Waals surface area contributed by atoms with Gasteiger partial charge < -0.3 is 10.6 Å². The smallest absolute Gasteiger partial charge is 0.260 e. The summed E-state index contributed by atoms with van der Waals surface area (Å²) in [5.41, 5.74) is 9.56. The molecule has 1 aliphatic heterocycles. The fraction of sp³-hybridized carbons (Fsp3) is 0.0588. The molecule has 21 heavy (non-hydrogen) atoms. The van der Waals surface area contributed by atoms with Crippen LogP contribution in [0.5, 0.6) is 0 Å². The van der Waals surface area contributed by atoms with E-state index < -0.39 is 5.91 Å². The lowest BCUT2D eigenvalue weighted by molar-refractivity contribution is -0.114. The topological polar surface area (TPSA) is 70.1 Å². The second-order valence-corrected chi connectivity index (χ2v) is 4.82. The molecule has 1 heterocycles. The van der Waals surface area contributed by atoms with Crippen LogP contribution in [0.15, 0.2) is 54.1 Å². The van der Waals surface area contributed by atoms with Crippen molar-refractivity contribution in [3.8, 4) is 6.07 Å². The molecule has 0 bridgehead atoms. The van der Waals surface area contributed by atoms with Crippen molar-refractivity contribution in [2.75, 3.05) is 11.9 Å². The molecular weight excluding hydrogens is 262 g/mol. The molecule has 0 spiro atoms. The summed E-state index contributed by atoms with van der Waals surface area (Å²) >= 11 is 0. The Bertz CT molecular complexity index is 765. The first kappa shape index (κ1) is 12.9. The zero-order valence-corrected chi connectivity index (χ0v) is 11.5. The highest BCUT2D eigenvalue weighted by atomic mass is 16.1. The third-order valence-corrected chi connectivity index (χ3v) is 3.68. The molecular formula is C17H13N3O. The number of nitrogens with zero attached hydrogens (tertiary/aromatic N) is 2. The molecule has 0 saturated carbocycles. The van der Waals surface area contributed by atoms with E-state index >= 15 is 0 Å². The van der Waals surface area contributed by atoms with Crippen molar-refractivity contribution in [1.82, 2.24) is 0 Å². The van der Waals surface area contributed by atoms with E-state index in [1.807, 2.05) is 66.5 Å². The van der Waals surface area contributed by atoms with Gasteiger partial charge in [0, 0.05) is 35.1 Å². The highest BCUT2D eigenvalue weighted by Gasteiger charge is 2.27. The lowest BCUT2D eigenvalue weighted by atomic mass is 9.87. The number of rotatable bonds is 1. The SMILES string of the molecule is CN1c2ccccc2C(=C(C#N)C(N)=O)c2ccccc21. The van der Waals surface area contributed by atoms with Crippen molar-refractivity contribution in [3.05, 3.63) is 65.2 Å². The van der Waals surface area contributed by atoms with Crippen LogP contribution in [-0.2, 0) is 4.79 Å². The number of fused-ring (bicyclic) bond motifs is 2. The minimum absolute atomic E-state index is 0.0111. The molecule has 0 fully saturated rings. The highest BCUT2D eigenvalue weighted by Crippen LogP contribution is 2.44. The minimum atomic E-state index is -0.707. The number of benzene rings is 2. The summed E-state index contributed by atoms with van der Waals surface area (Å²) in [5.74, 6) is -0.707. The average molecular weight is 275 g/mol. The van der Waals surface area contributed by atoms with Gasteiger partial charge in [-0.1, -0.05) is 36.4 Å². The van der Waals surface area contributed by atoms with E-state index in [0.717, 1.165) is 22.5 Å². The number of hydrogen-bond acceptors (Lipinski definition) is 3. The Morgan fingerprint density at radius 2 is 1.52 bits per heavy atom. The van der Waals surface area contributed by atoms with Gasteiger partial charge in [0.25, 0.3) is 5.91 Å². The monoisotopic (exact) mass is 275 g/mol. The van der Waals surface area contributed by atoms with E-state index in [1.54, 1.807) is 0 Å². The van der Waals surface area contributed by atoms with Gasteiger partial charge in [-0.3, -0.25) is 4.79 Å². The Hall–Kier alpha value is -3.06. The van der Waals surface area contributed by atoms with Crippen molar-refractivity contribution in [3.63, 3.8) is 0 Å². The number of hydrogen-bond donors (Lipinski definition) is 1. The molecule has 102 valence electrons. The predicted molar refractivity (Wildman–Crippen MR) is 81.8 cm³/mol. The van der Waals surface area contributed by atoms with Gasteiger partial charge in [-0.25, -0.2) is 0 Å². The Labute approximate surface area is 122 Å². The molecule has 0 unspecified atom stereocenters. The number of nitrogens with two attached hydrogens (primary N) is 1. The fourth-order valence-corrected chi connectivity index (χ4v) is 2.73. The first-order chi connectivity index (χ1) is 10.1. The molecule has 2 aromatic rings. The first-order valence-electron chi connectivity index (χ1n) is 6.52. The van der Waals surface area contributed by atoms with E-state index in [0.29, 0.717) is 5.57 Å². The standard InChI is InChI=1S/C17H13N3O/c1-20-14-8-4-2-6-11(14)16(13(10-18)17(19)21)12-7-3-5-9-15(12)20/h2-9H,1H3,(H2,19,21). The van der Waals surface area contributed by atoms with Crippen LogP contribution in [0, 0.1) is 11.3 Å². The Kier molecular flexibility index (Phi) is 2.96. The molecule has 0 aromatic heterocycles. The van der Waals surface area contributed by atoms with E-state index in [9.17, 15) is 10.1 Å². The van der Waals surface area contributed by atoms with Crippen LogP contribution in [0.2, 0.25) is 0 Å². The quantitative estimate of drug-likeness (QED) is 0.642. The Balaban J connectivity index is 2.44. The maximum atomic E-state index is 11.7. The zero-order chi connectivity index (χ0) is 15.0. The molecule has 0 aliphatic carbocycles. The molecule has 2 aromatic carbocycles. The van der Waals surface area contributed by atoms with Gasteiger partial charge in [-0.05, 0) is 12.1 Å². The van der Waals surface area contributed by atoms with Gasteiger partial charge in [0.05, 0.1) is 0 Å². The zero-order valence-electron chi connectivity index (χ0n) is 11.5. The van der Waals surface area contributed by atoms with Crippen LogP contribution in [0.4, 0.5) is 11.4 Å². The van der Waals surface area contributed by atoms with Crippen molar-refractivity contribution in [2.45, 2.75) is 0 Å². The maximum Gasteiger partial charge on any atom is 0.260 e. The van der Waals surface area contributed by atoms with E-state index in [1.165, 1.54) is 0 Å². The molecule has 0 saturated heterocycles. The third-order valence-electron chi connectivity index (χ3n) is 3.68. The maximum absolute atomic E-state index is 11.7. The minimum Gasteiger partial charge on any atom is -0.365 e. The summed E-state index contributed by atoms with van der Waals surface area (Å²) in [6, 6.07) is 17.3. The van der Waals surface area contributed by atoms with Gasteiger partial charge in [0.2, 0.25) is 0 Å². The van der Waals surface area contributed by atoms with Crippen LogP contribution in [-0.4, -0.2) is 13.0 Å². The molecule has 1 amide bonds. The number of amides is 1. The number of carbonyl (C=O) groups excluding carboxylic acids is 1. The molecule has 1 aliphatic rings. The number of nitriles is 1. The largest absolute Gasteiger partial charge is 0.365 e. The molecule has 2 N–H and O–H groups in total. The Morgan fingerprint density at radius 1 is 1.05 bits per heavy atom. The molecule has 4 heteroatoms. The average Bonchev–Trinajstić information content (AvgIpc) is 2.51. The number of anilines is 2.